The van der Waals surface area contributed by atoms with E-state index in [1.165, 1.54) is 23.5 Å². The van der Waals surface area contributed by atoms with Crippen LogP contribution in [0.5, 0.6) is 0 Å². The molecule has 0 saturated carbocycles. The highest BCUT2D eigenvalue weighted by Gasteiger charge is 2.24. The highest BCUT2D eigenvalue weighted by atomic mass is 32.2. The van der Waals surface area contributed by atoms with E-state index in [9.17, 15) is 9.59 Å². The Morgan fingerprint density at radius 1 is 0.600 bits per heavy atom. The van der Waals surface area contributed by atoms with Crippen molar-refractivity contribution in [3.05, 3.63) is 81.6 Å². The van der Waals surface area contributed by atoms with Gasteiger partial charge in [0.2, 0.25) is 0 Å². The number of hydrogen-bond acceptors (Lipinski definition) is 6. The Hall–Kier alpha value is -3.10. The largest absolute Gasteiger partial charge is 0.301 e. The summed E-state index contributed by atoms with van der Waals surface area (Å²) in [5.74, 6) is -0.169. The highest BCUT2D eigenvalue weighted by molar-refractivity contribution is 8.19. The van der Waals surface area contributed by atoms with Crippen LogP contribution in [-0.2, 0) is 9.59 Å². The third kappa shape index (κ3) is 7.97. The fourth-order valence-corrected chi connectivity index (χ4v) is 5.21. The van der Waals surface area contributed by atoms with E-state index in [2.05, 4.69) is 20.6 Å². The van der Waals surface area contributed by atoms with Crippen LogP contribution in [0, 0.1) is 0 Å². The SMILES string of the molecule is O=C1NC(=NCCCCCCCN=C2NC(=O)/C(=C/c3ccccc3)S2)S/C1=C\c1ccccc1. The molecule has 4 rings (SSSR count). The molecule has 2 N–H and O–H groups in total. The van der Waals surface area contributed by atoms with Crippen LogP contribution in [0.2, 0.25) is 0 Å². The summed E-state index contributed by atoms with van der Waals surface area (Å²) in [7, 11) is 0. The van der Waals surface area contributed by atoms with Gasteiger partial charge in [-0.2, -0.15) is 0 Å². The van der Waals surface area contributed by atoms with Crippen molar-refractivity contribution in [2.45, 2.75) is 32.1 Å². The fraction of sp³-hybridized carbons (Fsp3) is 0.259. The number of nitrogens with one attached hydrogen (secondary N) is 2. The van der Waals surface area contributed by atoms with Crippen LogP contribution in [0.1, 0.15) is 43.2 Å². The van der Waals surface area contributed by atoms with E-state index in [4.69, 9.17) is 0 Å². The number of hydrogen-bond donors (Lipinski definition) is 2. The summed E-state index contributed by atoms with van der Waals surface area (Å²) in [6.45, 7) is 1.42. The van der Waals surface area contributed by atoms with Gasteiger partial charge in [0.1, 0.15) is 0 Å². The monoisotopic (exact) mass is 504 g/mol. The molecule has 2 aromatic carbocycles. The van der Waals surface area contributed by atoms with Gasteiger partial charge in [0.15, 0.2) is 10.3 Å². The molecular weight excluding hydrogens is 476 g/mol. The summed E-state index contributed by atoms with van der Waals surface area (Å²) < 4.78 is 0. The first kappa shape index (κ1) is 25.0. The highest BCUT2D eigenvalue weighted by Crippen LogP contribution is 2.27. The van der Waals surface area contributed by atoms with Gasteiger partial charge in [-0.3, -0.25) is 19.6 Å². The quantitative estimate of drug-likeness (QED) is 0.333. The van der Waals surface area contributed by atoms with Gasteiger partial charge in [-0.15, -0.1) is 0 Å². The van der Waals surface area contributed by atoms with E-state index < -0.39 is 0 Å². The molecule has 0 bridgehead atoms. The van der Waals surface area contributed by atoms with Crippen molar-refractivity contribution in [1.82, 2.24) is 10.6 Å². The predicted molar refractivity (Wildman–Crippen MR) is 148 cm³/mol. The molecule has 8 heteroatoms. The van der Waals surface area contributed by atoms with Crippen LogP contribution in [0.15, 0.2) is 80.5 Å². The first-order chi connectivity index (χ1) is 17.2. The lowest BCUT2D eigenvalue weighted by Crippen LogP contribution is -2.20. The molecule has 2 aliphatic heterocycles. The Morgan fingerprint density at radius 2 is 1.00 bits per heavy atom. The Morgan fingerprint density at radius 3 is 1.43 bits per heavy atom. The second-order valence-electron chi connectivity index (χ2n) is 8.09. The van der Waals surface area contributed by atoms with Crippen LogP contribution >= 0.6 is 23.5 Å². The van der Waals surface area contributed by atoms with E-state index in [1.54, 1.807) is 0 Å². The van der Waals surface area contributed by atoms with Crippen LogP contribution < -0.4 is 10.6 Å². The van der Waals surface area contributed by atoms with Gasteiger partial charge in [-0.25, -0.2) is 0 Å². The van der Waals surface area contributed by atoms with E-state index >= 15 is 0 Å². The third-order valence-corrected chi connectivity index (χ3v) is 7.22. The number of nitrogens with zero attached hydrogens (tertiary/aromatic N) is 2. The molecule has 180 valence electrons. The lowest BCUT2D eigenvalue weighted by atomic mass is 10.1. The Balaban J connectivity index is 1.09. The van der Waals surface area contributed by atoms with Crippen LogP contribution in [-0.4, -0.2) is 35.2 Å². The van der Waals surface area contributed by atoms with Crippen LogP contribution in [0.4, 0.5) is 0 Å². The molecule has 2 heterocycles. The number of unbranched alkanes of at least 4 members (excludes halogenated alkanes) is 4. The summed E-state index contributed by atoms with van der Waals surface area (Å²) in [4.78, 5) is 34.7. The fourth-order valence-electron chi connectivity index (χ4n) is 3.52. The van der Waals surface area contributed by atoms with Crippen molar-refractivity contribution in [3.8, 4) is 0 Å². The molecule has 6 nitrogen and oxygen atoms in total. The Bertz CT molecular complexity index is 1070. The number of carbonyl (C=O) groups excluding carboxylic acids is 2. The number of amides is 2. The topological polar surface area (TPSA) is 82.9 Å². The molecule has 2 amide bonds. The van der Waals surface area contributed by atoms with E-state index in [1.807, 2.05) is 72.8 Å². The second kappa shape index (κ2) is 13.1. The zero-order chi connectivity index (χ0) is 24.3. The van der Waals surface area contributed by atoms with Gasteiger partial charge in [0.05, 0.1) is 9.81 Å². The number of thioether (sulfide) groups is 2. The normalized spacial score (nSPS) is 20.2. The lowest BCUT2D eigenvalue weighted by Gasteiger charge is -2.00. The molecule has 0 radical (unpaired) electrons. The van der Waals surface area contributed by atoms with Crippen molar-refractivity contribution in [3.63, 3.8) is 0 Å². The zero-order valence-corrected chi connectivity index (χ0v) is 21.0. The molecule has 0 atom stereocenters. The minimum atomic E-state index is -0.0847. The van der Waals surface area contributed by atoms with Gasteiger partial charge in [-0.05, 0) is 59.6 Å². The Labute approximate surface area is 214 Å². The first-order valence-electron chi connectivity index (χ1n) is 11.8. The van der Waals surface area contributed by atoms with E-state index in [-0.39, 0.29) is 11.8 Å². The molecule has 35 heavy (non-hydrogen) atoms. The van der Waals surface area contributed by atoms with Crippen molar-refractivity contribution >= 4 is 57.8 Å². The standard InChI is InChI=1S/C27H28N4O2S2/c32-24-22(18-20-12-6-4-7-13-20)34-26(30-24)28-16-10-2-1-3-11-17-29-27-31-25(33)23(35-27)19-21-14-8-5-9-15-21/h4-9,12-15,18-19H,1-3,10-11,16-17H2,(H,28,30,32)(H,29,31,33)/b22-18-,23-19-. The molecule has 0 spiro atoms. The molecule has 0 unspecified atom stereocenters. The van der Waals surface area contributed by atoms with Gasteiger partial charge >= 0.3 is 0 Å². The maximum absolute atomic E-state index is 12.1. The summed E-state index contributed by atoms with van der Waals surface area (Å²) in [5, 5.41) is 7.06. The summed E-state index contributed by atoms with van der Waals surface area (Å²) in [5.41, 5.74) is 2.02. The average molecular weight is 505 g/mol. The van der Waals surface area contributed by atoms with Crippen molar-refractivity contribution < 1.29 is 9.59 Å². The maximum atomic E-state index is 12.1. The summed E-state index contributed by atoms with van der Waals surface area (Å²) >= 11 is 2.80. The lowest BCUT2D eigenvalue weighted by molar-refractivity contribution is -0.116. The maximum Gasteiger partial charge on any atom is 0.264 e. The number of rotatable bonds is 10. The Kier molecular flexibility index (Phi) is 9.37. The van der Waals surface area contributed by atoms with Gasteiger partial charge < -0.3 is 10.6 Å². The minimum absolute atomic E-state index is 0.0847. The molecule has 0 aliphatic carbocycles. The third-order valence-electron chi connectivity index (χ3n) is 5.32. The first-order valence-corrected chi connectivity index (χ1v) is 13.4. The number of aliphatic imine (C=N–C) groups is 2. The average Bonchev–Trinajstić information content (AvgIpc) is 3.40. The van der Waals surface area contributed by atoms with Gasteiger partial charge in [0.25, 0.3) is 11.8 Å². The molecule has 2 saturated heterocycles. The van der Waals surface area contributed by atoms with E-state index in [0.717, 1.165) is 43.2 Å². The summed E-state index contributed by atoms with van der Waals surface area (Å²) in [6.07, 6.45) is 9.07. The minimum Gasteiger partial charge on any atom is -0.301 e. The van der Waals surface area contributed by atoms with Crippen molar-refractivity contribution in [2.75, 3.05) is 13.1 Å². The zero-order valence-electron chi connectivity index (χ0n) is 19.4. The van der Waals surface area contributed by atoms with E-state index in [0.29, 0.717) is 33.2 Å². The molecule has 2 aromatic rings. The number of amidine groups is 2. The molecular formula is C27H28N4O2S2. The van der Waals surface area contributed by atoms with Crippen molar-refractivity contribution in [1.29, 1.82) is 0 Å². The van der Waals surface area contributed by atoms with Crippen molar-refractivity contribution in [2.24, 2.45) is 9.98 Å². The number of benzene rings is 2. The summed E-state index contributed by atoms with van der Waals surface area (Å²) in [6, 6.07) is 19.6. The molecule has 0 aromatic heterocycles. The van der Waals surface area contributed by atoms with Crippen LogP contribution in [0.3, 0.4) is 0 Å². The van der Waals surface area contributed by atoms with Gasteiger partial charge in [-0.1, -0.05) is 79.9 Å². The predicted octanol–water partition coefficient (Wildman–Crippen LogP) is 5.46. The smallest absolute Gasteiger partial charge is 0.264 e. The van der Waals surface area contributed by atoms with Crippen LogP contribution in [0.25, 0.3) is 12.2 Å². The number of carbonyl (C=O) groups is 2. The second-order valence-corrected chi connectivity index (χ2v) is 10.2. The molecule has 2 fully saturated rings. The molecule has 2 aliphatic rings. The van der Waals surface area contributed by atoms with Gasteiger partial charge in [0, 0.05) is 13.1 Å².